The van der Waals surface area contributed by atoms with Gasteiger partial charge >= 0.3 is 0 Å². The molecule has 3 N–H and O–H groups in total. The SMILES string of the molecule is CC(CN)NC(c1ccccc1)C(C)(C)C. The fourth-order valence-corrected chi connectivity index (χ4v) is 1.84. The predicted octanol–water partition coefficient (Wildman–Crippen LogP) is 2.71. The second-order valence-electron chi connectivity index (χ2n) is 5.51. The van der Waals surface area contributed by atoms with Gasteiger partial charge in [0, 0.05) is 18.6 Å². The van der Waals surface area contributed by atoms with Gasteiger partial charge in [-0.05, 0) is 17.9 Å². The molecule has 1 aromatic carbocycles. The molecule has 2 nitrogen and oxygen atoms in total. The molecule has 0 heterocycles. The van der Waals surface area contributed by atoms with Gasteiger partial charge in [0.05, 0.1) is 0 Å². The molecule has 0 bridgehead atoms. The van der Waals surface area contributed by atoms with Crippen LogP contribution in [0.5, 0.6) is 0 Å². The first kappa shape index (κ1) is 13.2. The summed E-state index contributed by atoms with van der Waals surface area (Å²) in [5.74, 6) is 0. The first-order valence-electron chi connectivity index (χ1n) is 5.96. The lowest BCUT2D eigenvalue weighted by molar-refractivity contribution is 0.254. The van der Waals surface area contributed by atoms with Crippen LogP contribution in [-0.2, 0) is 0 Å². The second kappa shape index (κ2) is 5.46. The summed E-state index contributed by atoms with van der Waals surface area (Å²) in [5.41, 5.74) is 7.19. The lowest BCUT2D eigenvalue weighted by atomic mass is 9.82. The van der Waals surface area contributed by atoms with E-state index in [9.17, 15) is 0 Å². The molecule has 0 aliphatic carbocycles. The third-order valence-electron chi connectivity index (χ3n) is 2.80. The van der Waals surface area contributed by atoms with Crippen molar-refractivity contribution in [3.63, 3.8) is 0 Å². The maximum atomic E-state index is 5.68. The molecule has 0 aromatic heterocycles. The Hall–Kier alpha value is -0.860. The maximum absolute atomic E-state index is 5.68. The van der Waals surface area contributed by atoms with Crippen LogP contribution in [0.3, 0.4) is 0 Å². The summed E-state index contributed by atoms with van der Waals surface area (Å²) in [6, 6.07) is 11.2. The zero-order chi connectivity index (χ0) is 12.2. The van der Waals surface area contributed by atoms with Crippen LogP contribution in [-0.4, -0.2) is 12.6 Å². The highest BCUT2D eigenvalue weighted by Gasteiger charge is 2.26. The van der Waals surface area contributed by atoms with E-state index in [1.54, 1.807) is 0 Å². The van der Waals surface area contributed by atoms with Crippen LogP contribution >= 0.6 is 0 Å². The number of nitrogens with two attached hydrogens (primary N) is 1. The van der Waals surface area contributed by atoms with Gasteiger partial charge in [-0.25, -0.2) is 0 Å². The molecule has 0 spiro atoms. The standard InChI is InChI=1S/C14H24N2/c1-11(10-15)16-13(14(2,3)4)12-8-6-5-7-9-12/h5-9,11,13,16H,10,15H2,1-4H3. The molecule has 0 fully saturated rings. The molecule has 90 valence electrons. The number of nitrogens with one attached hydrogen (secondary N) is 1. The first-order valence-corrected chi connectivity index (χ1v) is 5.96. The van der Waals surface area contributed by atoms with Gasteiger partial charge in [-0.15, -0.1) is 0 Å². The van der Waals surface area contributed by atoms with E-state index >= 15 is 0 Å². The molecule has 16 heavy (non-hydrogen) atoms. The molecular weight excluding hydrogens is 196 g/mol. The van der Waals surface area contributed by atoms with E-state index in [-0.39, 0.29) is 5.41 Å². The summed E-state index contributed by atoms with van der Waals surface area (Å²) in [4.78, 5) is 0. The summed E-state index contributed by atoms with van der Waals surface area (Å²) in [6.45, 7) is 9.55. The molecule has 0 aliphatic heterocycles. The highest BCUT2D eigenvalue weighted by atomic mass is 15.0. The Kier molecular flexibility index (Phi) is 4.51. The van der Waals surface area contributed by atoms with Crippen LogP contribution in [0.2, 0.25) is 0 Å². The van der Waals surface area contributed by atoms with Gasteiger partial charge < -0.3 is 11.1 Å². The Morgan fingerprint density at radius 2 is 1.75 bits per heavy atom. The number of hydrogen-bond acceptors (Lipinski definition) is 2. The van der Waals surface area contributed by atoms with Crippen molar-refractivity contribution in [3.8, 4) is 0 Å². The van der Waals surface area contributed by atoms with Crippen LogP contribution in [0.15, 0.2) is 30.3 Å². The van der Waals surface area contributed by atoms with Gasteiger partial charge in [-0.2, -0.15) is 0 Å². The van der Waals surface area contributed by atoms with Crippen molar-refractivity contribution in [2.75, 3.05) is 6.54 Å². The Labute approximate surface area is 99.2 Å². The van der Waals surface area contributed by atoms with Crippen LogP contribution in [0.25, 0.3) is 0 Å². The molecule has 2 unspecified atom stereocenters. The minimum atomic E-state index is 0.185. The van der Waals surface area contributed by atoms with Gasteiger partial charge in [-0.3, -0.25) is 0 Å². The third kappa shape index (κ3) is 3.62. The summed E-state index contributed by atoms with van der Waals surface area (Å²) < 4.78 is 0. The van der Waals surface area contributed by atoms with Crippen molar-refractivity contribution in [3.05, 3.63) is 35.9 Å². The minimum absolute atomic E-state index is 0.185. The average Bonchev–Trinajstić information content (AvgIpc) is 2.25. The molecule has 1 rings (SSSR count). The Morgan fingerprint density at radius 3 is 2.19 bits per heavy atom. The summed E-state index contributed by atoms with van der Waals surface area (Å²) in [6.07, 6.45) is 0. The lowest BCUT2D eigenvalue weighted by Gasteiger charge is -2.34. The Bertz CT molecular complexity index is 300. The Balaban J connectivity index is 2.89. The molecule has 2 heteroatoms. The van der Waals surface area contributed by atoms with Crippen molar-refractivity contribution < 1.29 is 0 Å². The zero-order valence-electron chi connectivity index (χ0n) is 10.8. The number of rotatable bonds is 4. The van der Waals surface area contributed by atoms with E-state index in [0.717, 1.165) is 0 Å². The van der Waals surface area contributed by atoms with Crippen molar-refractivity contribution >= 4 is 0 Å². The van der Waals surface area contributed by atoms with Gasteiger partial charge in [0.2, 0.25) is 0 Å². The lowest BCUT2D eigenvalue weighted by Crippen LogP contribution is -2.41. The van der Waals surface area contributed by atoms with Crippen molar-refractivity contribution in [2.24, 2.45) is 11.1 Å². The zero-order valence-corrected chi connectivity index (χ0v) is 10.8. The fourth-order valence-electron chi connectivity index (χ4n) is 1.84. The predicted molar refractivity (Wildman–Crippen MR) is 70.3 cm³/mol. The third-order valence-corrected chi connectivity index (χ3v) is 2.80. The van der Waals surface area contributed by atoms with Crippen molar-refractivity contribution in [2.45, 2.75) is 39.8 Å². The van der Waals surface area contributed by atoms with Crippen LogP contribution < -0.4 is 11.1 Å². The van der Waals surface area contributed by atoms with Crippen molar-refractivity contribution in [1.82, 2.24) is 5.32 Å². The van der Waals surface area contributed by atoms with E-state index in [1.807, 2.05) is 0 Å². The monoisotopic (exact) mass is 220 g/mol. The number of benzene rings is 1. The van der Waals surface area contributed by atoms with E-state index in [0.29, 0.717) is 18.6 Å². The smallest absolute Gasteiger partial charge is 0.0371 e. The molecule has 0 saturated carbocycles. The molecule has 0 amide bonds. The fraction of sp³-hybridized carbons (Fsp3) is 0.571. The minimum Gasteiger partial charge on any atom is -0.329 e. The molecule has 0 radical (unpaired) electrons. The van der Waals surface area contributed by atoms with Gasteiger partial charge in [0.25, 0.3) is 0 Å². The van der Waals surface area contributed by atoms with E-state index in [2.05, 4.69) is 63.3 Å². The molecule has 2 atom stereocenters. The van der Waals surface area contributed by atoms with Crippen LogP contribution in [0.1, 0.15) is 39.3 Å². The topological polar surface area (TPSA) is 38.0 Å². The summed E-state index contributed by atoms with van der Waals surface area (Å²) >= 11 is 0. The average molecular weight is 220 g/mol. The molecule has 1 aromatic rings. The van der Waals surface area contributed by atoms with Crippen LogP contribution in [0, 0.1) is 5.41 Å². The van der Waals surface area contributed by atoms with E-state index < -0.39 is 0 Å². The molecular formula is C14H24N2. The van der Waals surface area contributed by atoms with Gasteiger partial charge in [-0.1, -0.05) is 51.1 Å². The van der Waals surface area contributed by atoms with Crippen LogP contribution in [0.4, 0.5) is 0 Å². The molecule has 0 aliphatic rings. The maximum Gasteiger partial charge on any atom is 0.0371 e. The quantitative estimate of drug-likeness (QED) is 0.818. The largest absolute Gasteiger partial charge is 0.329 e. The van der Waals surface area contributed by atoms with E-state index in [4.69, 9.17) is 5.73 Å². The first-order chi connectivity index (χ1) is 7.45. The number of hydrogen-bond donors (Lipinski definition) is 2. The summed E-state index contributed by atoms with van der Waals surface area (Å²) in [5, 5.41) is 3.60. The van der Waals surface area contributed by atoms with Crippen molar-refractivity contribution in [1.29, 1.82) is 0 Å². The summed E-state index contributed by atoms with van der Waals surface area (Å²) in [7, 11) is 0. The van der Waals surface area contributed by atoms with Gasteiger partial charge in [0.15, 0.2) is 0 Å². The molecule has 0 saturated heterocycles. The Morgan fingerprint density at radius 1 is 1.19 bits per heavy atom. The highest BCUT2D eigenvalue weighted by molar-refractivity contribution is 5.20. The second-order valence-corrected chi connectivity index (χ2v) is 5.51. The highest BCUT2D eigenvalue weighted by Crippen LogP contribution is 2.32. The normalized spacial score (nSPS) is 15.8. The van der Waals surface area contributed by atoms with E-state index in [1.165, 1.54) is 5.56 Å². The van der Waals surface area contributed by atoms with Gasteiger partial charge in [0.1, 0.15) is 0 Å².